The number of benzene rings is 1. The van der Waals surface area contributed by atoms with Crippen molar-refractivity contribution >= 4 is 33.2 Å². The fourth-order valence-corrected chi connectivity index (χ4v) is 4.87. The van der Waals surface area contributed by atoms with Crippen LogP contribution in [0.5, 0.6) is 0 Å². The van der Waals surface area contributed by atoms with Crippen molar-refractivity contribution in [3.8, 4) is 0 Å². The van der Waals surface area contributed by atoms with E-state index < -0.39 is 10.0 Å². The second-order valence-electron chi connectivity index (χ2n) is 5.73. The molecular weight excluding hydrogens is 348 g/mol. The highest BCUT2D eigenvalue weighted by atomic mass is 32.2. The summed E-state index contributed by atoms with van der Waals surface area (Å²) in [6, 6.07) is 6.22. The van der Waals surface area contributed by atoms with E-state index in [1.54, 1.807) is 21.8 Å². The third kappa shape index (κ3) is 3.47. The van der Waals surface area contributed by atoms with Gasteiger partial charge < -0.3 is 5.32 Å². The van der Waals surface area contributed by atoms with Crippen molar-refractivity contribution < 1.29 is 13.2 Å². The molecule has 0 saturated carbocycles. The standard InChI is InChI=1S/C15H18N4O3S2/c1-11-4-2-3-9-19(11)24(21,22)13-7-5-12(6-8-13)16-15(20)14-10-23-18-17-14/h5-8,10-11H,2-4,9H2,1H3,(H,16,20)/t11-/m1/s1. The first-order valence-electron chi connectivity index (χ1n) is 7.69. The number of piperidine rings is 1. The van der Waals surface area contributed by atoms with Crippen molar-refractivity contribution in [1.29, 1.82) is 0 Å². The van der Waals surface area contributed by atoms with Gasteiger partial charge in [0.25, 0.3) is 5.91 Å². The van der Waals surface area contributed by atoms with E-state index in [1.165, 1.54) is 12.1 Å². The van der Waals surface area contributed by atoms with Crippen LogP contribution in [0.3, 0.4) is 0 Å². The number of carbonyl (C=O) groups is 1. The predicted molar refractivity (Wildman–Crippen MR) is 91.5 cm³/mol. The molecule has 7 nitrogen and oxygen atoms in total. The second kappa shape index (κ2) is 6.96. The van der Waals surface area contributed by atoms with Crippen molar-refractivity contribution in [1.82, 2.24) is 13.9 Å². The molecule has 2 heterocycles. The lowest BCUT2D eigenvalue weighted by molar-refractivity contribution is 0.102. The molecule has 1 atom stereocenters. The highest BCUT2D eigenvalue weighted by Crippen LogP contribution is 2.25. The summed E-state index contributed by atoms with van der Waals surface area (Å²) in [6.07, 6.45) is 2.83. The zero-order valence-electron chi connectivity index (χ0n) is 13.2. The number of rotatable bonds is 4. The number of aromatic nitrogens is 2. The molecule has 1 N–H and O–H groups in total. The topological polar surface area (TPSA) is 92.3 Å². The summed E-state index contributed by atoms with van der Waals surface area (Å²) in [7, 11) is -3.50. The summed E-state index contributed by atoms with van der Waals surface area (Å²) in [4.78, 5) is 12.2. The Labute approximate surface area is 144 Å². The summed E-state index contributed by atoms with van der Waals surface area (Å²) in [6.45, 7) is 2.49. The molecular formula is C15H18N4O3S2. The van der Waals surface area contributed by atoms with Crippen LogP contribution in [0, 0.1) is 0 Å². The Morgan fingerprint density at radius 1 is 1.29 bits per heavy atom. The Morgan fingerprint density at radius 3 is 2.67 bits per heavy atom. The zero-order chi connectivity index (χ0) is 17.2. The van der Waals surface area contributed by atoms with Crippen LogP contribution in [-0.4, -0.2) is 40.8 Å². The first-order valence-corrected chi connectivity index (χ1v) is 9.96. The summed E-state index contributed by atoms with van der Waals surface area (Å²) >= 11 is 1.09. The number of nitrogens with zero attached hydrogens (tertiary/aromatic N) is 3. The Kier molecular flexibility index (Phi) is 4.93. The minimum absolute atomic E-state index is 0.0142. The van der Waals surface area contributed by atoms with E-state index in [2.05, 4.69) is 14.9 Å². The van der Waals surface area contributed by atoms with Gasteiger partial charge in [-0.1, -0.05) is 10.9 Å². The third-order valence-corrected chi connectivity index (χ3v) is 6.59. The predicted octanol–water partition coefficient (Wildman–Crippen LogP) is 2.35. The quantitative estimate of drug-likeness (QED) is 0.897. The van der Waals surface area contributed by atoms with Crippen LogP contribution in [0.25, 0.3) is 0 Å². The molecule has 2 aromatic rings. The first-order chi connectivity index (χ1) is 11.5. The number of hydrogen-bond acceptors (Lipinski definition) is 6. The molecule has 0 unspecified atom stereocenters. The number of sulfonamides is 1. The molecule has 128 valence electrons. The van der Waals surface area contributed by atoms with Gasteiger partial charge in [0.2, 0.25) is 10.0 Å². The molecule has 0 radical (unpaired) electrons. The fourth-order valence-electron chi connectivity index (χ4n) is 2.73. The number of nitrogens with one attached hydrogen (secondary N) is 1. The van der Waals surface area contributed by atoms with E-state index >= 15 is 0 Å². The largest absolute Gasteiger partial charge is 0.321 e. The smallest absolute Gasteiger partial charge is 0.277 e. The van der Waals surface area contributed by atoms with E-state index in [0.29, 0.717) is 12.2 Å². The monoisotopic (exact) mass is 366 g/mol. The molecule has 9 heteroatoms. The third-order valence-electron chi connectivity index (χ3n) is 4.05. The van der Waals surface area contributed by atoms with Gasteiger partial charge in [-0.2, -0.15) is 4.31 Å². The maximum Gasteiger partial charge on any atom is 0.277 e. The van der Waals surface area contributed by atoms with Crippen molar-refractivity contribution in [3.63, 3.8) is 0 Å². The van der Waals surface area contributed by atoms with Crippen molar-refractivity contribution in [2.24, 2.45) is 0 Å². The van der Waals surface area contributed by atoms with E-state index in [4.69, 9.17) is 0 Å². The minimum atomic E-state index is -3.50. The molecule has 1 aromatic carbocycles. The Hall–Kier alpha value is -1.84. The molecule has 0 spiro atoms. The van der Waals surface area contributed by atoms with Crippen LogP contribution >= 0.6 is 11.5 Å². The molecule has 1 fully saturated rings. The Bertz CT molecular complexity index is 804. The first kappa shape index (κ1) is 17.0. The highest BCUT2D eigenvalue weighted by Gasteiger charge is 2.30. The number of hydrogen-bond donors (Lipinski definition) is 1. The lowest BCUT2D eigenvalue weighted by Gasteiger charge is -2.32. The SMILES string of the molecule is C[C@@H]1CCCCN1S(=O)(=O)c1ccc(NC(=O)c2csnn2)cc1. The molecule has 3 rings (SSSR count). The molecule has 1 amide bonds. The molecule has 1 aliphatic rings. The normalized spacial score (nSPS) is 19.1. The maximum absolute atomic E-state index is 12.7. The van der Waals surface area contributed by atoms with Crippen LogP contribution < -0.4 is 5.32 Å². The van der Waals surface area contributed by atoms with Gasteiger partial charge in [0.05, 0.1) is 4.90 Å². The van der Waals surface area contributed by atoms with Gasteiger partial charge in [0.1, 0.15) is 0 Å². The van der Waals surface area contributed by atoms with Gasteiger partial charge in [-0.05, 0) is 55.6 Å². The van der Waals surface area contributed by atoms with Gasteiger partial charge in [-0.15, -0.1) is 5.10 Å². The fraction of sp³-hybridized carbons (Fsp3) is 0.400. The summed E-state index contributed by atoms with van der Waals surface area (Å²) < 4.78 is 30.7. The number of anilines is 1. The van der Waals surface area contributed by atoms with Crippen LogP contribution in [0.2, 0.25) is 0 Å². The summed E-state index contributed by atoms with van der Waals surface area (Å²) in [5.41, 5.74) is 0.748. The van der Waals surface area contributed by atoms with Crippen LogP contribution in [0.1, 0.15) is 36.7 Å². The van der Waals surface area contributed by atoms with Crippen LogP contribution in [0.4, 0.5) is 5.69 Å². The van der Waals surface area contributed by atoms with Gasteiger partial charge in [-0.25, -0.2) is 8.42 Å². The van der Waals surface area contributed by atoms with Gasteiger partial charge >= 0.3 is 0 Å². The van der Waals surface area contributed by atoms with E-state index in [9.17, 15) is 13.2 Å². The van der Waals surface area contributed by atoms with Crippen molar-refractivity contribution in [2.75, 3.05) is 11.9 Å². The molecule has 0 bridgehead atoms. The average Bonchev–Trinajstić information content (AvgIpc) is 3.10. The number of carbonyl (C=O) groups excluding carboxylic acids is 1. The van der Waals surface area contributed by atoms with Crippen molar-refractivity contribution in [2.45, 2.75) is 37.1 Å². The second-order valence-corrected chi connectivity index (χ2v) is 8.23. The highest BCUT2D eigenvalue weighted by molar-refractivity contribution is 7.89. The lowest BCUT2D eigenvalue weighted by atomic mass is 10.1. The molecule has 1 aromatic heterocycles. The number of amides is 1. The molecule has 24 heavy (non-hydrogen) atoms. The minimum Gasteiger partial charge on any atom is -0.321 e. The molecule has 1 aliphatic heterocycles. The maximum atomic E-state index is 12.7. The van der Waals surface area contributed by atoms with Crippen LogP contribution in [0.15, 0.2) is 34.5 Å². The average molecular weight is 366 g/mol. The van der Waals surface area contributed by atoms with E-state index in [0.717, 1.165) is 30.8 Å². The molecule has 1 saturated heterocycles. The Morgan fingerprint density at radius 2 is 2.04 bits per heavy atom. The van der Waals surface area contributed by atoms with Gasteiger partial charge in [-0.3, -0.25) is 4.79 Å². The van der Waals surface area contributed by atoms with Gasteiger partial charge in [0, 0.05) is 23.7 Å². The van der Waals surface area contributed by atoms with Crippen molar-refractivity contribution in [3.05, 3.63) is 35.3 Å². The Balaban J connectivity index is 1.75. The van der Waals surface area contributed by atoms with Gasteiger partial charge in [0.15, 0.2) is 5.69 Å². The lowest BCUT2D eigenvalue weighted by Crippen LogP contribution is -2.41. The van der Waals surface area contributed by atoms with E-state index in [1.807, 2.05) is 6.92 Å². The van der Waals surface area contributed by atoms with E-state index in [-0.39, 0.29) is 22.5 Å². The zero-order valence-corrected chi connectivity index (χ0v) is 14.8. The molecule has 0 aliphatic carbocycles. The summed E-state index contributed by atoms with van der Waals surface area (Å²) in [5, 5.41) is 7.91. The summed E-state index contributed by atoms with van der Waals surface area (Å²) in [5.74, 6) is -0.371. The van der Waals surface area contributed by atoms with Crippen LogP contribution in [-0.2, 0) is 10.0 Å².